The molecule has 12 heteroatoms. The van der Waals surface area contributed by atoms with Crippen molar-refractivity contribution in [3.05, 3.63) is 53.1 Å². The van der Waals surface area contributed by atoms with Crippen LogP contribution < -0.4 is 10.1 Å². The topological polar surface area (TPSA) is 113 Å². The molecule has 1 amide bonds. The molecule has 0 bridgehead atoms. The first kappa shape index (κ1) is 28.8. The Morgan fingerprint density at radius 3 is 2.32 bits per heavy atom. The Bertz CT molecular complexity index is 1340. The van der Waals surface area contributed by atoms with Gasteiger partial charge in [0.25, 0.3) is 0 Å². The van der Waals surface area contributed by atoms with Gasteiger partial charge in [-0.15, -0.1) is 0 Å². The zero-order valence-electron chi connectivity index (χ0n) is 21.4. The van der Waals surface area contributed by atoms with Crippen LogP contribution >= 0.6 is 11.6 Å². The molecule has 9 nitrogen and oxygen atoms in total. The van der Waals surface area contributed by atoms with Gasteiger partial charge in [-0.1, -0.05) is 30.2 Å². The van der Waals surface area contributed by atoms with E-state index >= 15 is 0 Å². The maximum Gasteiger partial charge on any atom is 0.246 e. The van der Waals surface area contributed by atoms with Crippen molar-refractivity contribution in [1.29, 1.82) is 0 Å². The first-order valence-corrected chi connectivity index (χ1v) is 16.2. The molecule has 2 fully saturated rings. The molecule has 2 aliphatic heterocycles. The molecule has 2 saturated heterocycles. The SMILES string of the molecule is CCOc1ccc(Cl)cc1S(=O)(=O)N1CCCC(C(=O)NCc2ccc(S(=O)(=O)N3CCCCC3)cc2)C1. The molecule has 0 radical (unpaired) electrons. The molecule has 2 aromatic rings. The van der Waals surface area contributed by atoms with Crippen LogP contribution in [0.1, 0.15) is 44.6 Å². The second-order valence-electron chi connectivity index (χ2n) is 9.55. The van der Waals surface area contributed by atoms with Gasteiger partial charge in [-0.05, 0) is 68.5 Å². The number of hydrogen-bond acceptors (Lipinski definition) is 6. The average Bonchev–Trinajstić information content (AvgIpc) is 2.93. The Morgan fingerprint density at radius 1 is 0.947 bits per heavy atom. The Hall–Kier alpha value is -2.18. The fourth-order valence-electron chi connectivity index (χ4n) is 4.84. The van der Waals surface area contributed by atoms with E-state index in [2.05, 4.69) is 5.32 Å². The molecule has 1 unspecified atom stereocenters. The van der Waals surface area contributed by atoms with Crippen LogP contribution in [0.2, 0.25) is 5.02 Å². The van der Waals surface area contributed by atoms with Gasteiger partial charge in [-0.2, -0.15) is 8.61 Å². The molecule has 1 atom stereocenters. The molecule has 208 valence electrons. The molecule has 0 saturated carbocycles. The number of halogens is 1. The highest BCUT2D eigenvalue weighted by Crippen LogP contribution is 2.32. The molecule has 4 rings (SSSR count). The minimum atomic E-state index is -3.92. The van der Waals surface area contributed by atoms with Gasteiger partial charge in [0.1, 0.15) is 10.6 Å². The zero-order valence-corrected chi connectivity index (χ0v) is 23.8. The smallest absolute Gasteiger partial charge is 0.246 e. The molecular weight excluding hydrogens is 550 g/mol. The summed E-state index contributed by atoms with van der Waals surface area (Å²) in [6.07, 6.45) is 3.90. The maximum absolute atomic E-state index is 13.4. The summed E-state index contributed by atoms with van der Waals surface area (Å²) < 4.78 is 60.9. The van der Waals surface area contributed by atoms with Gasteiger partial charge in [0.2, 0.25) is 26.0 Å². The second-order valence-corrected chi connectivity index (χ2v) is 13.8. The quantitative estimate of drug-likeness (QED) is 0.482. The second kappa shape index (κ2) is 12.3. The Kier molecular flexibility index (Phi) is 9.36. The first-order chi connectivity index (χ1) is 18.1. The van der Waals surface area contributed by atoms with Crippen molar-refractivity contribution in [1.82, 2.24) is 13.9 Å². The monoisotopic (exact) mass is 583 g/mol. The fraction of sp³-hybridized carbons (Fsp3) is 0.500. The van der Waals surface area contributed by atoms with Gasteiger partial charge in [-0.3, -0.25) is 4.79 Å². The summed E-state index contributed by atoms with van der Waals surface area (Å²) in [6, 6.07) is 11.0. The standard InChI is InChI=1S/C26H34ClN3O6S2/c1-2-36-24-13-10-22(27)17-25(24)38(34,35)30-16-6-7-21(19-30)26(31)28-18-20-8-11-23(12-9-20)37(32,33)29-14-4-3-5-15-29/h8-13,17,21H,2-7,14-16,18-19H2,1H3,(H,28,31). The van der Waals surface area contributed by atoms with Gasteiger partial charge in [0, 0.05) is 37.7 Å². The number of nitrogens with zero attached hydrogens (tertiary/aromatic N) is 2. The molecule has 0 aliphatic carbocycles. The van der Waals surface area contributed by atoms with E-state index in [0.29, 0.717) is 39.1 Å². The van der Waals surface area contributed by atoms with Crippen molar-refractivity contribution < 1.29 is 26.4 Å². The highest BCUT2D eigenvalue weighted by molar-refractivity contribution is 7.89. The lowest BCUT2D eigenvalue weighted by Crippen LogP contribution is -2.45. The Labute approximate surface area is 230 Å². The number of hydrogen-bond donors (Lipinski definition) is 1. The van der Waals surface area contributed by atoms with Gasteiger partial charge < -0.3 is 10.1 Å². The first-order valence-electron chi connectivity index (χ1n) is 12.9. The summed E-state index contributed by atoms with van der Waals surface area (Å²) in [4.78, 5) is 13.2. The predicted molar refractivity (Wildman–Crippen MR) is 145 cm³/mol. The molecule has 2 heterocycles. The summed E-state index contributed by atoms with van der Waals surface area (Å²) in [6.45, 7) is 3.73. The van der Waals surface area contributed by atoms with Gasteiger partial charge in [-0.25, -0.2) is 16.8 Å². The van der Waals surface area contributed by atoms with E-state index in [1.54, 1.807) is 37.3 Å². The highest BCUT2D eigenvalue weighted by Gasteiger charge is 2.35. The molecule has 0 aromatic heterocycles. The van der Waals surface area contributed by atoms with Crippen LogP contribution in [0.4, 0.5) is 0 Å². The summed E-state index contributed by atoms with van der Waals surface area (Å²) in [5, 5.41) is 3.16. The molecule has 0 spiro atoms. The number of benzene rings is 2. The number of ether oxygens (including phenoxy) is 1. The van der Waals surface area contributed by atoms with Crippen LogP contribution in [0.15, 0.2) is 52.3 Å². The van der Waals surface area contributed by atoms with E-state index < -0.39 is 26.0 Å². The third-order valence-corrected chi connectivity index (χ3v) is 11.0. The highest BCUT2D eigenvalue weighted by atomic mass is 35.5. The fourth-order valence-corrected chi connectivity index (χ4v) is 8.27. The third kappa shape index (κ3) is 6.51. The largest absolute Gasteiger partial charge is 0.492 e. The minimum Gasteiger partial charge on any atom is -0.492 e. The Morgan fingerprint density at radius 2 is 1.63 bits per heavy atom. The number of carbonyl (C=O) groups excluding carboxylic acids is 1. The van der Waals surface area contributed by atoms with Crippen molar-refractivity contribution in [2.75, 3.05) is 32.8 Å². The minimum absolute atomic E-state index is 0.00694. The van der Waals surface area contributed by atoms with Crippen molar-refractivity contribution in [3.8, 4) is 5.75 Å². The van der Waals surface area contributed by atoms with Crippen LogP contribution in [0.25, 0.3) is 0 Å². The average molecular weight is 584 g/mol. The number of nitrogens with one attached hydrogen (secondary N) is 1. The van der Waals surface area contributed by atoms with E-state index in [4.69, 9.17) is 16.3 Å². The maximum atomic E-state index is 13.4. The van der Waals surface area contributed by atoms with Crippen molar-refractivity contribution >= 4 is 37.6 Å². The number of piperidine rings is 2. The van der Waals surface area contributed by atoms with E-state index in [0.717, 1.165) is 24.8 Å². The van der Waals surface area contributed by atoms with Gasteiger partial charge in [0.15, 0.2) is 0 Å². The van der Waals surface area contributed by atoms with Crippen LogP contribution in [0.3, 0.4) is 0 Å². The third-order valence-electron chi connectivity index (χ3n) is 6.92. The lowest BCUT2D eigenvalue weighted by molar-refractivity contribution is -0.126. The number of rotatable bonds is 9. The number of sulfonamides is 2. The van der Waals surface area contributed by atoms with E-state index in [1.807, 2.05) is 0 Å². The molecule has 38 heavy (non-hydrogen) atoms. The van der Waals surface area contributed by atoms with E-state index in [-0.39, 0.29) is 39.6 Å². The normalized spacial score (nSPS) is 19.7. The van der Waals surface area contributed by atoms with Gasteiger partial charge >= 0.3 is 0 Å². The summed E-state index contributed by atoms with van der Waals surface area (Å²) in [5.74, 6) is -0.521. The summed E-state index contributed by atoms with van der Waals surface area (Å²) in [5.41, 5.74) is 0.761. The number of amides is 1. The van der Waals surface area contributed by atoms with Crippen LogP contribution in [0.5, 0.6) is 5.75 Å². The van der Waals surface area contributed by atoms with Crippen LogP contribution in [-0.4, -0.2) is 64.1 Å². The summed E-state index contributed by atoms with van der Waals surface area (Å²) in [7, 11) is -7.43. The van der Waals surface area contributed by atoms with E-state index in [1.165, 1.54) is 20.7 Å². The van der Waals surface area contributed by atoms with Crippen LogP contribution in [0, 0.1) is 5.92 Å². The van der Waals surface area contributed by atoms with Crippen molar-refractivity contribution in [2.24, 2.45) is 5.92 Å². The lowest BCUT2D eigenvalue weighted by Gasteiger charge is -2.31. The molecule has 1 N–H and O–H groups in total. The predicted octanol–water partition coefficient (Wildman–Crippen LogP) is 3.63. The molecular formula is C26H34ClN3O6S2. The Balaban J connectivity index is 1.38. The van der Waals surface area contributed by atoms with Gasteiger partial charge in [0.05, 0.1) is 17.4 Å². The van der Waals surface area contributed by atoms with Crippen molar-refractivity contribution in [2.45, 2.75) is 55.4 Å². The molecule has 2 aliphatic rings. The molecule has 2 aromatic carbocycles. The summed E-state index contributed by atoms with van der Waals surface area (Å²) >= 11 is 6.08. The van der Waals surface area contributed by atoms with Crippen molar-refractivity contribution in [3.63, 3.8) is 0 Å². The lowest BCUT2D eigenvalue weighted by atomic mass is 9.99. The van der Waals surface area contributed by atoms with Crippen LogP contribution in [-0.2, 0) is 31.4 Å². The number of carbonyl (C=O) groups is 1. The zero-order chi connectivity index (χ0) is 27.3. The van der Waals surface area contributed by atoms with E-state index in [9.17, 15) is 21.6 Å².